The minimum Gasteiger partial charge on any atom is -0.478 e. The van der Waals surface area contributed by atoms with E-state index in [1.165, 1.54) is 7.11 Å². The molecule has 0 radical (unpaired) electrons. The molecule has 0 aliphatic carbocycles. The molecule has 5 heteroatoms. The first-order chi connectivity index (χ1) is 9.62. The smallest absolute Gasteiger partial charge is 0.337 e. The van der Waals surface area contributed by atoms with Crippen molar-refractivity contribution in [3.63, 3.8) is 0 Å². The van der Waals surface area contributed by atoms with E-state index in [1.807, 2.05) is 13.8 Å². The van der Waals surface area contributed by atoms with Gasteiger partial charge in [-0.25, -0.2) is 4.79 Å². The standard InChI is InChI=1S/C15H19NO4/c1-4-8-16-11-7-6-10(15(18)19-3)9-13(11)20-12(5-2)14(16)17/h6-7,9,12H,4-5,8H2,1-3H3. The van der Waals surface area contributed by atoms with Crippen molar-refractivity contribution in [2.75, 3.05) is 18.6 Å². The third-order valence-electron chi connectivity index (χ3n) is 3.30. The van der Waals surface area contributed by atoms with E-state index >= 15 is 0 Å². The number of fused-ring (bicyclic) bond motifs is 1. The maximum absolute atomic E-state index is 12.3. The van der Waals surface area contributed by atoms with Gasteiger partial charge in [-0.15, -0.1) is 0 Å². The van der Waals surface area contributed by atoms with Crippen molar-refractivity contribution < 1.29 is 19.1 Å². The number of carbonyl (C=O) groups excluding carboxylic acids is 2. The molecule has 1 aromatic rings. The average Bonchev–Trinajstić information content (AvgIpc) is 2.48. The van der Waals surface area contributed by atoms with Gasteiger partial charge in [0, 0.05) is 6.54 Å². The fraction of sp³-hybridized carbons (Fsp3) is 0.467. The Labute approximate surface area is 118 Å². The van der Waals surface area contributed by atoms with Crippen molar-refractivity contribution in [3.8, 4) is 5.75 Å². The number of nitrogens with zero attached hydrogens (tertiary/aromatic N) is 1. The molecule has 0 spiro atoms. The van der Waals surface area contributed by atoms with Crippen LogP contribution in [0.5, 0.6) is 5.75 Å². The highest BCUT2D eigenvalue weighted by Crippen LogP contribution is 2.35. The third-order valence-corrected chi connectivity index (χ3v) is 3.30. The molecule has 2 rings (SSSR count). The van der Waals surface area contributed by atoms with Crippen molar-refractivity contribution in [2.24, 2.45) is 0 Å². The molecule has 1 amide bonds. The van der Waals surface area contributed by atoms with E-state index < -0.39 is 12.1 Å². The molecule has 108 valence electrons. The Balaban J connectivity index is 2.42. The molecule has 0 bridgehead atoms. The van der Waals surface area contributed by atoms with E-state index in [9.17, 15) is 9.59 Å². The Hall–Kier alpha value is -2.04. The Morgan fingerprint density at radius 1 is 1.40 bits per heavy atom. The lowest BCUT2D eigenvalue weighted by Gasteiger charge is -2.34. The van der Waals surface area contributed by atoms with E-state index in [2.05, 4.69) is 0 Å². The highest BCUT2D eigenvalue weighted by molar-refractivity contribution is 6.01. The minimum absolute atomic E-state index is 0.0207. The number of carbonyl (C=O) groups is 2. The van der Waals surface area contributed by atoms with Gasteiger partial charge in [-0.05, 0) is 31.0 Å². The Kier molecular flexibility index (Phi) is 4.27. The molecule has 0 aromatic heterocycles. The SMILES string of the molecule is CCCN1C(=O)C(CC)Oc2cc(C(=O)OC)ccc21. The maximum atomic E-state index is 12.3. The molecule has 0 saturated carbocycles. The van der Waals surface area contributed by atoms with Gasteiger partial charge in [-0.3, -0.25) is 4.79 Å². The number of hydrogen-bond acceptors (Lipinski definition) is 4. The zero-order chi connectivity index (χ0) is 14.7. The maximum Gasteiger partial charge on any atom is 0.337 e. The first-order valence-corrected chi connectivity index (χ1v) is 6.82. The number of rotatable bonds is 4. The zero-order valence-electron chi connectivity index (χ0n) is 12.0. The van der Waals surface area contributed by atoms with Gasteiger partial charge in [0.05, 0.1) is 18.4 Å². The summed E-state index contributed by atoms with van der Waals surface area (Å²) >= 11 is 0. The van der Waals surface area contributed by atoms with Gasteiger partial charge in [0.1, 0.15) is 5.75 Å². The number of ether oxygens (including phenoxy) is 2. The van der Waals surface area contributed by atoms with Crippen molar-refractivity contribution in [2.45, 2.75) is 32.8 Å². The summed E-state index contributed by atoms with van der Waals surface area (Å²) in [6.45, 7) is 4.57. The molecular formula is C15H19NO4. The molecule has 0 saturated heterocycles. The van der Waals surface area contributed by atoms with Crippen molar-refractivity contribution >= 4 is 17.6 Å². The molecule has 0 N–H and O–H groups in total. The van der Waals surface area contributed by atoms with Gasteiger partial charge in [-0.1, -0.05) is 13.8 Å². The van der Waals surface area contributed by atoms with Crippen molar-refractivity contribution in [1.82, 2.24) is 0 Å². The lowest BCUT2D eigenvalue weighted by Crippen LogP contribution is -2.46. The van der Waals surface area contributed by atoms with E-state index in [1.54, 1.807) is 23.1 Å². The number of amides is 1. The summed E-state index contributed by atoms with van der Waals surface area (Å²) in [7, 11) is 1.34. The van der Waals surface area contributed by atoms with Crippen LogP contribution in [0, 0.1) is 0 Å². The molecule has 1 atom stereocenters. The Morgan fingerprint density at radius 3 is 2.75 bits per heavy atom. The molecule has 0 fully saturated rings. The highest BCUT2D eigenvalue weighted by Gasteiger charge is 2.33. The zero-order valence-corrected chi connectivity index (χ0v) is 12.0. The predicted molar refractivity (Wildman–Crippen MR) is 75.1 cm³/mol. The quantitative estimate of drug-likeness (QED) is 0.793. The normalized spacial score (nSPS) is 17.4. The van der Waals surface area contributed by atoms with Gasteiger partial charge < -0.3 is 14.4 Å². The fourth-order valence-corrected chi connectivity index (χ4v) is 2.28. The Morgan fingerprint density at radius 2 is 2.15 bits per heavy atom. The summed E-state index contributed by atoms with van der Waals surface area (Å²) in [5.74, 6) is 0.129. The second-order valence-corrected chi connectivity index (χ2v) is 4.68. The highest BCUT2D eigenvalue weighted by atomic mass is 16.5. The molecular weight excluding hydrogens is 258 g/mol. The van der Waals surface area contributed by atoms with Crippen LogP contribution in [0.3, 0.4) is 0 Å². The Bertz CT molecular complexity index is 527. The van der Waals surface area contributed by atoms with Crippen LogP contribution in [-0.2, 0) is 9.53 Å². The topological polar surface area (TPSA) is 55.8 Å². The lowest BCUT2D eigenvalue weighted by atomic mass is 10.1. The number of esters is 1. The van der Waals surface area contributed by atoms with E-state index in [0.29, 0.717) is 30.0 Å². The summed E-state index contributed by atoms with van der Waals surface area (Å²) in [5, 5.41) is 0. The van der Waals surface area contributed by atoms with E-state index in [4.69, 9.17) is 9.47 Å². The van der Waals surface area contributed by atoms with Gasteiger partial charge >= 0.3 is 5.97 Å². The summed E-state index contributed by atoms with van der Waals surface area (Å²) in [5.41, 5.74) is 1.14. The van der Waals surface area contributed by atoms with Crippen LogP contribution in [0.4, 0.5) is 5.69 Å². The van der Waals surface area contributed by atoms with Crippen molar-refractivity contribution in [1.29, 1.82) is 0 Å². The average molecular weight is 277 g/mol. The second kappa shape index (κ2) is 5.94. The third kappa shape index (κ3) is 2.48. The van der Waals surface area contributed by atoms with E-state index in [-0.39, 0.29) is 5.91 Å². The van der Waals surface area contributed by atoms with Crippen LogP contribution in [-0.4, -0.2) is 31.6 Å². The molecule has 20 heavy (non-hydrogen) atoms. The molecule has 1 heterocycles. The molecule has 1 aliphatic heterocycles. The van der Waals surface area contributed by atoms with Crippen molar-refractivity contribution in [3.05, 3.63) is 23.8 Å². The summed E-state index contributed by atoms with van der Waals surface area (Å²) in [6.07, 6.45) is 0.975. The van der Waals surface area contributed by atoms with Crippen LogP contribution in [0.2, 0.25) is 0 Å². The van der Waals surface area contributed by atoms with Crippen LogP contribution < -0.4 is 9.64 Å². The molecule has 1 unspecified atom stereocenters. The number of anilines is 1. The summed E-state index contributed by atoms with van der Waals surface area (Å²) in [6, 6.07) is 5.02. The number of hydrogen-bond donors (Lipinski definition) is 0. The van der Waals surface area contributed by atoms with Gasteiger partial charge in [0.25, 0.3) is 5.91 Å². The summed E-state index contributed by atoms with van der Waals surface area (Å²) < 4.78 is 10.4. The van der Waals surface area contributed by atoms with Crippen LogP contribution in [0.15, 0.2) is 18.2 Å². The molecule has 1 aromatic carbocycles. The molecule has 1 aliphatic rings. The lowest BCUT2D eigenvalue weighted by molar-refractivity contribution is -0.126. The number of benzene rings is 1. The van der Waals surface area contributed by atoms with Crippen LogP contribution >= 0.6 is 0 Å². The van der Waals surface area contributed by atoms with Crippen LogP contribution in [0.25, 0.3) is 0 Å². The fourth-order valence-electron chi connectivity index (χ4n) is 2.28. The minimum atomic E-state index is -0.484. The van der Waals surface area contributed by atoms with Gasteiger partial charge in [0.2, 0.25) is 0 Å². The van der Waals surface area contributed by atoms with E-state index in [0.717, 1.165) is 6.42 Å². The predicted octanol–water partition coefficient (Wildman–Crippen LogP) is 2.39. The largest absolute Gasteiger partial charge is 0.478 e. The number of methoxy groups -OCH3 is 1. The molecule has 5 nitrogen and oxygen atoms in total. The monoisotopic (exact) mass is 277 g/mol. The first-order valence-electron chi connectivity index (χ1n) is 6.82. The summed E-state index contributed by atoms with van der Waals surface area (Å²) in [4.78, 5) is 25.6. The van der Waals surface area contributed by atoms with Crippen LogP contribution in [0.1, 0.15) is 37.0 Å². The second-order valence-electron chi connectivity index (χ2n) is 4.68. The van der Waals surface area contributed by atoms with Gasteiger partial charge in [0.15, 0.2) is 6.10 Å². The first kappa shape index (κ1) is 14.4. The van der Waals surface area contributed by atoms with Gasteiger partial charge in [-0.2, -0.15) is 0 Å².